The van der Waals surface area contributed by atoms with Crippen LogP contribution in [0.5, 0.6) is 0 Å². The number of amides is 2. The van der Waals surface area contributed by atoms with Gasteiger partial charge in [0.2, 0.25) is 5.91 Å². The molecule has 0 unspecified atom stereocenters. The normalized spacial score (nSPS) is 20.1. The minimum atomic E-state index is -0.0569. The average molecular weight is 365 g/mol. The molecule has 6 heteroatoms. The Morgan fingerprint density at radius 1 is 1.20 bits per heavy atom. The highest BCUT2D eigenvalue weighted by molar-refractivity contribution is 8.00. The van der Waals surface area contributed by atoms with E-state index in [0.29, 0.717) is 18.7 Å². The Morgan fingerprint density at radius 2 is 1.92 bits per heavy atom. The predicted octanol–water partition coefficient (Wildman–Crippen LogP) is 2.85. The topological polar surface area (TPSA) is 67.4 Å². The maximum absolute atomic E-state index is 12.6. The molecule has 0 aromatic heterocycles. The van der Waals surface area contributed by atoms with Crippen LogP contribution in [0.15, 0.2) is 29.2 Å². The quantitative estimate of drug-likeness (QED) is 0.550. The second kappa shape index (κ2) is 10.5. The maximum atomic E-state index is 12.6. The van der Waals surface area contributed by atoms with Gasteiger partial charge >= 0.3 is 0 Å². The highest BCUT2D eigenvalue weighted by Crippen LogP contribution is 2.25. The van der Waals surface area contributed by atoms with Crippen LogP contribution in [0, 0.1) is 5.92 Å². The summed E-state index contributed by atoms with van der Waals surface area (Å²) in [5.74, 6) is 0.947. The Balaban J connectivity index is 1.88. The van der Waals surface area contributed by atoms with E-state index in [1.165, 1.54) is 24.6 Å². The molecule has 138 valence electrons. The lowest BCUT2D eigenvalue weighted by Gasteiger charge is -2.27. The van der Waals surface area contributed by atoms with Gasteiger partial charge < -0.3 is 15.4 Å². The predicted molar refractivity (Wildman–Crippen MR) is 101 cm³/mol. The average Bonchev–Trinajstić information content (AvgIpc) is 2.62. The van der Waals surface area contributed by atoms with Crippen molar-refractivity contribution in [1.29, 1.82) is 0 Å². The van der Waals surface area contributed by atoms with Gasteiger partial charge in [0.15, 0.2) is 0 Å². The van der Waals surface area contributed by atoms with Crippen molar-refractivity contribution in [1.82, 2.24) is 10.6 Å². The van der Waals surface area contributed by atoms with Crippen molar-refractivity contribution in [3.8, 4) is 0 Å². The SMILES string of the molecule is COCCNC(=O)CSc1ccccc1C(=O)NC1CCC(C)CC1. The first-order valence-corrected chi connectivity index (χ1v) is 9.87. The van der Waals surface area contributed by atoms with Crippen LogP contribution in [0.4, 0.5) is 0 Å². The van der Waals surface area contributed by atoms with Crippen LogP contribution in [0.25, 0.3) is 0 Å². The molecule has 0 aliphatic heterocycles. The summed E-state index contributed by atoms with van der Waals surface area (Å²) in [6, 6.07) is 7.74. The van der Waals surface area contributed by atoms with E-state index in [1.807, 2.05) is 24.3 Å². The van der Waals surface area contributed by atoms with E-state index in [-0.39, 0.29) is 23.6 Å². The Bertz CT molecular complexity index is 572. The number of thioether (sulfide) groups is 1. The van der Waals surface area contributed by atoms with Crippen LogP contribution in [0.1, 0.15) is 43.0 Å². The molecule has 1 fully saturated rings. The van der Waals surface area contributed by atoms with E-state index in [0.717, 1.165) is 23.7 Å². The fourth-order valence-corrected chi connectivity index (χ4v) is 3.81. The second-order valence-electron chi connectivity index (χ2n) is 6.56. The molecule has 2 rings (SSSR count). The van der Waals surface area contributed by atoms with Gasteiger partial charge in [0.05, 0.1) is 17.9 Å². The summed E-state index contributed by atoms with van der Waals surface area (Å²) in [5.41, 5.74) is 0.649. The molecule has 0 radical (unpaired) electrons. The first kappa shape index (κ1) is 19.8. The minimum absolute atomic E-state index is 0.0394. The van der Waals surface area contributed by atoms with Crippen molar-refractivity contribution in [3.63, 3.8) is 0 Å². The zero-order valence-corrected chi connectivity index (χ0v) is 15.9. The van der Waals surface area contributed by atoms with Crippen LogP contribution in [-0.2, 0) is 9.53 Å². The lowest BCUT2D eigenvalue weighted by atomic mass is 9.87. The van der Waals surface area contributed by atoms with Gasteiger partial charge in [-0.25, -0.2) is 0 Å². The number of carbonyl (C=O) groups is 2. The summed E-state index contributed by atoms with van der Waals surface area (Å²) in [4.78, 5) is 25.3. The van der Waals surface area contributed by atoms with Crippen molar-refractivity contribution in [2.24, 2.45) is 5.92 Å². The zero-order chi connectivity index (χ0) is 18.1. The number of rotatable bonds is 8. The first-order valence-electron chi connectivity index (χ1n) is 8.88. The van der Waals surface area contributed by atoms with Crippen molar-refractivity contribution in [2.75, 3.05) is 26.0 Å². The Morgan fingerprint density at radius 3 is 2.64 bits per heavy atom. The van der Waals surface area contributed by atoms with E-state index in [4.69, 9.17) is 4.74 Å². The lowest BCUT2D eigenvalue weighted by Crippen LogP contribution is -2.37. The van der Waals surface area contributed by atoms with E-state index >= 15 is 0 Å². The van der Waals surface area contributed by atoms with E-state index in [2.05, 4.69) is 17.6 Å². The fraction of sp³-hybridized carbons (Fsp3) is 0.579. The second-order valence-corrected chi connectivity index (χ2v) is 7.58. The smallest absolute Gasteiger partial charge is 0.252 e. The molecule has 1 aliphatic rings. The van der Waals surface area contributed by atoms with Gasteiger partial charge in [0, 0.05) is 24.6 Å². The Labute approximate surface area is 154 Å². The number of carbonyl (C=O) groups excluding carboxylic acids is 2. The molecule has 5 nitrogen and oxygen atoms in total. The van der Waals surface area contributed by atoms with E-state index in [1.54, 1.807) is 7.11 Å². The van der Waals surface area contributed by atoms with Crippen molar-refractivity contribution >= 4 is 23.6 Å². The summed E-state index contributed by atoms with van der Waals surface area (Å²) in [7, 11) is 1.60. The molecule has 1 aromatic carbocycles. The van der Waals surface area contributed by atoms with Crippen LogP contribution < -0.4 is 10.6 Å². The maximum Gasteiger partial charge on any atom is 0.252 e. The van der Waals surface area contributed by atoms with E-state index in [9.17, 15) is 9.59 Å². The summed E-state index contributed by atoms with van der Waals surface area (Å²) in [5, 5.41) is 5.94. The van der Waals surface area contributed by atoms with Gasteiger partial charge in [-0.3, -0.25) is 9.59 Å². The van der Waals surface area contributed by atoms with Gasteiger partial charge in [-0.15, -0.1) is 11.8 Å². The number of nitrogens with one attached hydrogen (secondary N) is 2. The summed E-state index contributed by atoms with van der Waals surface area (Å²) in [6.07, 6.45) is 4.43. The van der Waals surface area contributed by atoms with Crippen molar-refractivity contribution in [3.05, 3.63) is 29.8 Å². The first-order chi connectivity index (χ1) is 12.1. The van der Waals surface area contributed by atoms with Gasteiger partial charge in [-0.05, 0) is 43.7 Å². The number of ether oxygens (including phenoxy) is 1. The molecule has 0 atom stereocenters. The summed E-state index contributed by atoms with van der Waals surface area (Å²) < 4.78 is 4.91. The Hall–Kier alpha value is -1.53. The highest BCUT2D eigenvalue weighted by Gasteiger charge is 2.21. The van der Waals surface area contributed by atoms with Crippen LogP contribution in [-0.4, -0.2) is 43.9 Å². The minimum Gasteiger partial charge on any atom is -0.383 e. The van der Waals surface area contributed by atoms with Gasteiger partial charge in [0.1, 0.15) is 0 Å². The molecule has 0 bridgehead atoms. The number of hydrogen-bond donors (Lipinski definition) is 2. The zero-order valence-electron chi connectivity index (χ0n) is 15.0. The van der Waals surface area contributed by atoms with Gasteiger partial charge in [-0.1, -0.05) is 19.1 Å². The molecule has 1 aliphatic carbocycles. The monoisotopic (exact) mass is 364 g/mol. The van der Waals surface area contributed by atoms with Crippen LogP contribution in [0.2, 0.25) is 0 Å². The lowest BCUT2D eigenvalue weighted by molar-refractivity contribution is -0.118. The molecule has 1 aromatic rings. The molecular weight excluding hydrogens is 336 g/mol. The van der Waals surface area contributed by atoms with Crippen LogP contribution in [0.3, 0.4) is 0 Å². The molecule has 0 saturated heterocycles. The van der Waals surface area contributed by atoms with Crippen molar-refractivity contribution in [2.45, 2.75) is 43.5 Å². The molecule has 2 N–H and O–H groups in total. The third-order valence-electron chi connectivity index (χ3n) is 4.47. The summed E-state index contributed by atoms with van der Waals surface area (Å²) >= 11 is 1.39. The number of benzene rings is 1. The van der Waals surface area contributed by atoms with Crippen LogP contribution >= 0.6 is 11.8 Å². The molecule has 25 heavy (non-hydrogen) atoms. The number of methoxy groups -OCH3 is 1. The van der Waals surface area contributed by atoms with Gasteiger partial charge in [0.25, 0.3) is 5.91 Å². The molecule has 0 spiro atoms. The standard InChI is InChI=1S/C19H28N2O3S/c1-14-7-9-15(10-8-14)21-19(23)16-5-3-4-6-17(16)25-13-18(22)20-11-12-24-2/h3-6,14-15H,7-13H2,1-2H3,(H,20,22)(H,21,23). The van der Waals surface area contributed by atoms with Crippen molar-refractivity contribution < 1.29 is 14.3 Å². The third-order valence-corrected chi connectivity index (χ3v) is 5.54. The molecule has 2 amide bonds. The number of hydrogen-bond acceptors (Lipinski definition) is 4. The van der Waals surface area contributed by atoms with Gasteiger partial charge in [-0.2, -0.15) is 0 Å². The fourth-order valence-electron chi connectivity index (χ4n) is 2.93. The molecule has 0 heterocycles. The highest BCUT2D eigenvalue weighted by atomic mass is 32.2. The van der Waals surface area contributed by atoms with E-state index < -0.39 is 0 Å². The summed E-state index contributed by atoms with van der Waals surface area (Å²) in [6.45, 7) is 3.26. The molecular formula is C19H28N2O3S. The Kier molecular flexibility index (Phi) is 8.28. The third kappa shape index (κ3) is 6.71. The largest absolute Gasteiger partial charge is 0.383 e. The molecule has 1 saturated carbocycles.